The van der Waals surface area contributed by atoms with Gasteiger partial charge in [0.2, 0.25) is 0 Å². The van der Waals surface area contributed by atoms with Crippen LogP contribution < -0.4 is 4.74 Å². The molecule has 1 aliphatic rings. The molecule has 0 radical (unpaired) electrons. The van der Waals surface area contributed by atoms with E-state index in [0.29, 0.717) is 11.1 Å². The monoisotopic (exact) mass is 561 g/mol. The number of fused-ring (bicyclic) bond motifs is 6. The average molecular weight is 562 g/mol. The number of alkyl halides is 1. The van der Waals surface area contributed by atoms with E-state index in [1.54, 1.807) is 12.4 Å². The van der Waals surface area contributed by atoms with E-state index in [-0.39, 0.29) is 5.41 Å². The molecule has 5 heteroatoms. The van der Waals surface area contributed by atoms with Crippen LogP contribution in [0.15, 0.2) is 128 Å². The van der Waals surface area contributed by atoms with Crippen LogP contribution in [0.25, 0.3) is 38.9 Å². The molecule has 8 rings (SSSR count). The molecule has 0 saturated carbocycles. The molecule has 7 aromatic rings. The van der Waals surface area contributed by atoms with Gasteiger partial charge in [0.05, 0.1) is 11.2 Å². The van der Waals surface area contributed by atoms with Gasteiger partial charge in [-0.3, -0.25) is 9.55 Å². The van der Waals surface area contributed by atoms with Crippen molar-refractivity contribution in [2.75, 3.05) is 0 Å². The molecule has 1 unspecified atom stereocenters. The Morgan fingerprint density at radius 2 is 1.49 bits per heavy atom. The van der Waals surface area contributed by atoms with Gasteiger partial charge in [0.1, 0.15) is 11.4 Å². The summed E-state index contributed by atoms with van der Waals surface area (Å²) in [7, 11) is 0. The molecular weight excluding hydrogens is 533 g/mol. The van der Waals surface area contributed by atoms with Gasteiger partial charge >= 0.3 is 0 Å². The van der Waals surface area contributed by atoms with Crippen LogP contribution in [-0.2, 0) is 5.41 Å². The SMILES string of the molecule is CC1(C)c2ccccc2Oc2c1ccc1c3cccnc3n(-c3cccc(C(F)c4cccc(-c5ccccn5)c4)c3)c21. The van der Waals surface area contributed by atoms with Gasteiger partial charge in [-0.2, -0.15) is 0 Å². The van der Waals surface area contributed by atoms with Gasteiger partial charge in [0.25, 0.3) is 0 Å². The van der Waals surface area contributed by atoms with Crippen LogP contribution in [0.5, 0.6) is 11.5 Å². The maximum atomic E-state index is 16.3. The standard InChI is InChI=1S/C38H28FN3O/c1-38(2)30-15-3-4-17-33(30)43-36-31(38)19-18-28-29-14-9-21-41-37(29)42(35(28)36)27-13-8-12-26(23-27)34(39)25-11-7-10-24(22-25)32-16-5-6-20-40-32/h3-23,34H,1-2H3. The highest BCUT2D eigenvalue weighted by molar-refractivity contribution is 6.10. The summed E-state index contributed by atoms with van der Waals surface area (Å²) in [5.41, 5.74) is 7.40. The third kappa shape index (κ3) is 3.96. The minimum atomic E-state index is -1.32. The zero-order valence-corrected chi connectivity index (χ0v) is 23.8. The molecule has 0 bridgehead atoms. The van der Waals surface area contributed by atoms with Crippen LogP contribution in [0.2, 0.25) is 0 Å². The van der Waals surface area contributed by atoms with Gasteiger partial charge in [0.15, 0.2) is 11.9 Å². The Kier molecular flexibility index (Phi) is 5.70. The number of benzene rings is 4. The van der Waals surface area contributed by atoms with Crippen molar-refractivity contribution in [3.8, 4) is 28.4 Å². The number of nitrogens with zero attached hydrogens (tertiary/aromatic N) is 3. The highest BCUT2D eigenvalue weighted by Gasteiger charge is 2.36. The molecule has 4 nitrogen and oxygen atoms in total. The number of para-hydroxylation sites is 1. The Morgan fingerprint density at radius 1 is 0.698 bits per heavy atom. The second-order valence-corrected chi connectivity index (χ2v) is 11.6. The van der Waals surface area contributed by atoms with Crippen LogP contribution in [0, 0.1) is 0 Å². The molecule has 4 heterocycles. The molecular formula is C38H28FN3O. The lowest BCUT2D eigenvalue weighted by molar-refractivity contribution is 0.402. The third-order valence-electron chi connectivity index (χ3n) is 8.65. The van der Waals surface area contributed by atoms with Gasteiger partial charge in [-0.1, -0.05) is 80.6 Å². The summed E-state index contributed by atoms with van der Waals surface area (Å²) in [6, 6.07) is 37.6. The zero-order chi connectivity index (χ0) is 29.1. The molecule has 43 heavy (non-hydrogen) atoms. The minimum Gasteiger partial charge on any atom is -0.454 e. The van der Waals surface area contributed by atoms with E-state index in [9.17, 15) is 0 Å². The number of halogens is 1. The Hall–Kier alpha value is -5.29. The normalized spacial score (nSPS) is 14.2. The summed E-state index contributed by atoms with van der Waals surface area (Å²) < 4.78 is 25.1. The first-order valence-electron chi connectivity index (χ1n) is 14.5. The van der Waals surface area contributed by atoms with Crippen molar-refractivity contribution in [1.82, 2.24) is 14.5 Å². The third-order valence-corrected chi connectivity index (χ3v) is 8.65. The molecule has 0 fully saturated rings. The topological polar surface area (TPSA) is 39.9 Å². The van der Waals surface area contributed by atoms with E-state index in [2.05, 4.69) is 53.7 Å². The number of pyridine rings is 2. The van der Waals surface area contributed by atoms with E-state index in [1.165, 1.54) is 0 Å². The molecule has 0 N–H and O–H groups in total. The summed E-state index contributed by atoms with van der Waals surface area (Å²) in [4.78, 5) is 9.25. The second kappa shape index (κ2) is 9.63. The van der Waals surface area contributed by atoms with Gasteiger partial charge in [0, 0.05) is 51.0 Å². The molecule has 1 atom stereocenters. The Balaban J connectivity index is 1.31. The number of ether oxygens (including phenoxy) is 1. The number of hydrogen-bond acceptors (Lipinski definition) is 3. The van der Waals surface area contributed by atoms with Crippen molar-refractivity contribution in [2.45, 2.75) is 25.4 Å². The second-order valence-electron chi connectivity index (χ2n) is 11.6. The molecule has 3 aromatic heterocycles. The molecule has 0 amide bonds. The largest absolute Gasteiger partial charge is 0.454 e. The number of rotatable bonds is 4. The van der Waals surface area contributed by atoms with Crippen LogP contribution in [0.4, 0.5) is 4.39 Å². The Labute approximate surface area is 249 Å². The first-order valence-corrected chi connectivity index (χ1v) is 14.5. The molecule has 0 saturated heterocycles. The average Bonchev–Trinajstić information content (AvgIpc) is 3.40. The van der Waals surface area contributed by atoms with E-state index < -0.39 is 6.17 Å². The van der Waals surface area contributed by atoms with Crippen LogP contribution in [0.3, 0.4) is 0 Å². The minimum absolute atomic E-state index is 0.266. The quantitative estimate of drug-likeness (QED) is 0.215. The van der Waals surface area contributed by atoms with Crippen molar-refractivity contribution in [3.05, 3.63) is 150 Å². The summed E-state index contributed by atoms with van der Waals surface area (Å²) in [5.74, 6) is 1.66. The van der Waals surface area contributed by atoms with Crippen molar-refractivity contribution < 1.29 is 9.13 Å². The van der Waals surface area contributed by atoms with E-state index >= 15 is 4.39 Å². The fourth-order valence-electron chi connectivity index (χ4n) is 6.48. The maximum absolute atomic E-state index is 16.3. The maximum Gasteiger partial charge on any atom is 0.156 e. The molecule has 0 aliphatic carbocycles. The fourth-order valence-corrected chi connectivity index (χ4v) is 6.48. The summed E-state index contributed by atoms with van der Waals surface area (Å²) in [6.45, 7) is 4.47. The smallest absolute Gasteiger partial charge is 0.156 e. The molecule has 4 aromatic carbocycles. The van der Waals surface area contributed by atoms with E-state index in [4.69, 9.17) is 9.72 Å². The highest BCUT2D eigenvalue weighted by Crippen LogP contribution is 2.52. The predicted octanol–water partition coefficient (Wildman–Crippen LogP) is 9.73. The summed E-state index contributed by atoms with van der Waals surface area (Å²) in [5, 5.41) is 2.06. The Bertz CT molecular complexity index is 2170. The number of aromatic nitrogens is 3. The fraction of sp³-hybridized carbons (Fsp3) is 0.105. The van der Waals surface area contributed by atoms with Crippen LogP contribution >= 0.6 is 0 Å². The van der Waals surface area contributed by atoms with Gasteiger partial charge < -0.3 is 4.74 Å². The van der Waals surface area contributed by atoms with Gasteiger partial charge in [-0.15, -0.1) is 0 Å². The molecule has 0 spiro atoms. The summed E-state index contributed by atoms with van der Waals surface area (Å²) >= 11 is 0. The lowest BCUT2D eigenvalue weighted by Crippen LogP contribution is -2.24. The van der Waals surface area contributed by atoms with Crippen LogP contribution in [0.1, 0.15) is 42.3 Å². The van der Waals surface area contributed by atoms with Crippen molar-refractivity contribution in [1.29, 1.82) is 0 Å². The number of hydrogen-bond donors (Lipinski definition) is 0. The van der Waals surface area contributed by atoms with Gasteiger partial charge in [-0.25, -0.2) is 9.37 Å². The lowest BCUT2D eigenvalue weighted by atomic mass is 9.75. The summed E-state index contributed by atoms with van der Waals surface area (Å²) in [6.07, 6.45) is 2.23. The van der Waals surface area contributed by atoms with Crippen molar-refractivity contribution in [2.24, 2.45) is 0 Å². The highest BCUT2D eigenvalue weighted by atomic mass is 19.1. The zero-order valence-electron chi connectivity index (χ0n) is 23.8. The lowest BCUT2D eigenvalue weighted by Gasteiger charge is -2.35. The van der Waals surface area contributed by atoms with E-state index in [1.807, 2.05) is 84.9 Å². The molecule has 1 aliphatic heterocycles. The molecule has 208 valence electrons. The first kappa shape index (κ1) is 25.4. The van der Waals surface area contributed by atoms with E-state index in [0.717, 1.165) is 61.5 Å². The van der Waals surface area contributed by atoms with Crippen molar-refractivity contribution in [3.63, 3.8) is 0 Å². The van der Waals surface area contributed by atoms with Crippen LogP contribution in [-0.4, -0.2) is 14.5 Å². The Morgan fingerprint density at radius 3 is 2.35 bits per heavy atom. The first-order chi connectivity index (χ1) is 21.0. The van der Waals surface area contributed by atoms with Crippen molar-refractivity contribution >= 4 is 21.9 Å². The van der Waals surface area contributed by atoms with Gasteiger partial charge in [-0.05, 0) is 59.7 Å². The predicted molar refractivity (Wildman–Crippen MR) is 170 cm³/mol.